The zero-order chi connectivity index (χ0) is 16.0. The molecule has 6 heteroatoms. The molecular formula is C17H18N4OS. The molecule has 0 N–H and O–H groups in total. The Labute approximate surface area is 138 Å². The minimum Gasteiger partial charge on any atom is -0.298 e. The van der Waals surface area contributed by atoms with Gasteiger partial charge in [0.05, 0.1) is 11.8 Å². The fourth-order valence-corrected chi connectivity index (χ4v) is 4.18. The largest absolute Gasteiger partial charge is 0.298 e. The van der Waals surface area contributed by atoms with E-state index in [1.54, 1.807) is 10.9 Å². The highest BCUT2D eigenvalue weighted by Gasteiger charge is 2.17. The van der Waals surface area contributed by atoms with Crippen LogP contribution in [-0.2, 0) is 25.8 Å². The molecular weight excluding hydrogens is 308 g/mol. The molecule has 3 heterocycles. The standard InChI is InChI=1S/C17H18N4OS/c1-10-8-23-16-15(10)18-9-21(17(16)22)7-6-14-19-11(2)12-4-3-5-13(12)20-14/h8-9H,3-7H2,1-2H3. The molecule has 5 nitrogen and oxygen atoms in total. The number of aromatic nitrogens is 4. The molecule has 0 radical (unpaired) electrons. The minimum atomic E-state index is 0.0333. The fraction of sp³-hybridized carbons (Fsp3) is 0.412. The Morgan fingerprint density at radius 3 is 3.00 bits per heavy atom. The maximum Gasteiger partial charge on any atom is 0.271 e. The molecule has 0 bridgehead atoms. The summed E-state index contributed by atoms with van der Waals surface area (Å²) in [5.41, 5.74) is 5.53. The monoisotopic (exact) mass is 326 g/mol. The number of fused-ring (bicyclic) bond motifs is 2. The van der Waals surface area contributed by atoms with Crippen LogP contribution in [0.4, 0.5) is 0 Å². The summed E-state index contributed by atoms with van der Waals surface area (Å²) in [6, 6.07) is 0. The number of aryl methyl sites for hydroxylation is 5. The van der Waals surface area contributed by atoms with Crippen molar-refractivity contribution in [3.8, 4) is 0 Å². The van der Waals surface area contributed by atoms with E-state index in [0.29, 0.717) is 13.0 Å². The summed E-state index contributed by atoms with van der Waals surface area (Å²) in [7, 11) is 0. The van der Waals surface area contributed by atoms with Gasteiger partial charge in [-0.15, -0.1) is 11.3 Å². The lowest BCUT2D eigenvalue weighted by atomic mass is 10.2. The average Bonchev–Trinajstić information content (AvgIpc) is 3.14. The lowest BCUT2D eigenvalue weighted by Crippen LogP contribution is -2.21. The Morgan fingerprint density at radius 2 is 2.13 bits per heavy atom. The summed E-state index contributed by atoms with van der Waals surface area (Å²) < 4.78 is 2.40. The predicted molar refractivity (Wildman–Crippen MR) is 91.1 cm³/mol. The molecule has 1 aliphatic rings. The van der Waals surface area contributed by atoms with Gasteiger partial charge in [0.2, 0.25) is 0 Å². The van der Waals surface area contributed by atoms with Crippen LogP contribution in [-0.4, -0.2) is 19.5 Å². The maximum atomic E-state index is 12.5. The van der Waals surface area contributed by atoms with E-state index in [9.17, 15) is 4.79 Å². The Balaban J connectivity index is 1.61. The molecule has 0 fully saturated rings. The second-order valence-electron chi connectivity index (χ2n) is 6.09. The molecule has 0 atom stereocenters. The summed E-state index contributed by atoms with van der Waals surface area (Å²) in [4.78, 5) is 26.2. The molecule has 0 unspecified atom stereocenters. The van der Waals surface area contributed by atoms with Crippen LogP contribution in [0.1, 0.15) is 34.8 Å². The molecule has 4 rings (SSSR count). The molecule has 0 spiro atoms. The van der Waals surface area contributed by atoms with Gasteiger partial charge in [-0.3, -0.25) is 9.36 Å². The van der Waals surface area contributed by atoms with Crippen LogP contribution >= 0.6 is 11.3 Å². The van der Waals surface area contributed by atoms with Gasteiger partial charge in [0.1, 0.15) is 10.5 Å². The minimum absolute atomic E-state index is 0.0333. The van der Waals surface area contributed by atoms with Crippen molar-refractivity contribution in [2.45, 2.75) is 46.1 Å². The zero-order valence-corrected chi connectivity index (χ0v) is 14.1. The third kappa shape index (κ3) is 2.47. The van der Waals surface area contributed by atoms with Gasteiger partial charge in [-0.25, -0.2) is 15.0 Å². The van der Waals surface area contributed by atoms with E-state index in [1.807, 2.05) is 12.3 Å². The molecule has 23 heavy (non-hydrogen) atoms. The Bertz CT molecular complexity index is 957. The quantitative estimate of drug-likeness (QED) is 0.742. The maximum absolute atomic E-state index is 12.5. The summed E-state index contributed by atoms with van der Waals surface area (Å²) in [5, 5.41) is 1.98. The third-order valence-corrected chi connectivity index (χ3v) is 5.56. The highest BCUT2D eigenvalue weighted by atomic mass is 32.1. The van der Waals surface area contributed by atoms with Crippen molar-refractivity contribution < 1.29 is 0 Å². The van der Waals surface area contributed by atoms with Gasteiger partial charge in [0.25, 0.3) is 5.56 Å². The van der Waals surface area contributed by atoms with Gasteiger partial charge < -0.3 is 0 Å². The normalized spacial score (nSPS) is 13.7. The van der Waals surface area contributed by atoms with E-state index < -0.39 is 0 Å². The Hall–Kier alpha value is -2.08. The number of nitrogens with zero attached hydrogens (tertiary/aromatic N) is 4. The molecule has 0 amide bonds. The van der Waals surface area contributed by atoms with Crippen molar-refractivity contribution in [2.24, 2.45) is 0 Å². The average molecular weight is 326 g/mol. The van der Waals surface area contributed by atoms with Crippen LogP contribution in [0.5, 0.6) is 0 Å². The Kier molecular flexibility index (Phi) is 3.49. The van der Waals surface area contributed by atoms with Crippen LogP contribution in [0.15, 0.2) is 16.5 Å². The Morgan fingerprint density at radius 1 is 1.26 bits per heavy atom. The summed E-state index contributed by atoms with van der Waals surface area (Å²) in [6.45, 7) is 4.61. The molecule has 0 aromatic carbocycles. The highest BCUT2D eigenvalue weighted by Crippen LogP contribution is 2.22. The lowest BCUT2D eigenvalue weighted by molar-refractivity contribution is 0.639. The van der Waals surface area contributed by atoms with Gasteiger partial charge >= 0.3 is 0 Å². The van der Waals surface area contributed by atoms with E-state index >= 15 is 0 Å². The molecule has 3 aromatic heterocycles. The third-order valence-electron chi connectivity index (χ3n) is 4.49. The van der Waals surface area contributed by atoms with E-state index in [-0.39, 0.29) is 5.56 Å². The number of hydrogen-bond donors (Lipinski definition) is 0. The number of hydrogen-bond acceptors (Lipinski definition) is 5. The molecule has 0 aliphatic heterocycles. The van der Waals surface area contributed by atoms with E-state index in [0.717, 1.165) is 40.1 Å². The van der Waals surface area contributed by atoms with Gasteiger partial charge in [-0.2, -0.15) is 0 Å². The fourth-order valence-electron chi connectivity index (χ4n) is 3.23. The van der Waals surface area contributed by atoms with Crippen molar-refractivity contribution in [3.63, 3.8) is 0 Å². The van der Waals surface area contributed by atoms with Gasteiger partial charge in [0.15, 0.2) is 0 Å². The summed E-state index contributed by atoms with van der Waals surface area (Å²) in [6.07, 6.45) is 5.62. The van der Waals surface area contributed by atoms with Crippen molar-refractivity contribution >= 4 is 21.6 Å². The molecule has 118 valence electrons. The summed E-state index contributed by atoms with van der Waals surface area (Å²) >= 11 is 1.47. The van der Waals surface area contributed by atoms with Crippen LogP contribution in [0, 0.1) is 13.8 Å². The van der Waals surface area contributed by atoms with Crippen molar-refractivity contribution in [2.75, 3.05) is 0 Å². The molecule has 0 saturated carbocycles. The topological polar surface area (TPSA) is 60.7 Å². The van der Waals surface area contributed by atoms with E-state index in [2.05, 4.69) is 21.9 Å². The first-order valence-electron chi connectivity index (χ1n) is 7.92. The van der Waals surface area contributed by atoms with Crippen LogP contribution in [0.2, 0.25) is 0 Å². The predicted octanol–water partition coefficient (Wildman–Crippen LogP) is 2.60. The number of thiophene rings is 1. The highest BCUT2D eigenvalue weighted by molar-refractivity contribution is 7.17. The van der Waals surface area contributed by atoms with Crippen molar-refractivity contribution in [1.82, 2.24) is 19.5 Å². The first-order chi connectivity index (χ1) is 11.1. The van der Waals surface area contributed by atoms with Crippen molar-refractivity contribution in [1.29, 1.82) is 0 Å². The van der Waals surface area contributed by atoms with Gasteiger partial charge in [0, 0.05) is 24.4 Å². The smallest absolute Gasteiger partial charge is 0.271 e. The van der Waals surface area contributed by atoms with Gasteiger partial charge in [-0.1, -0.05) is 0 Å². The lowest BCUT2D eigenvalue weighted by Gasteiger charge is -2.08. The molecule has 3 aromatic rings. The molecule has 0 saturated heterocycles. The zero-order valence-electron chi connectivity index (χ0n) is 13.3. The second-order valence-corrected chi connectivity index (χ2v) is 6.97. The SMILES string of the molecule is Cc1nc(CCn2cnc3c(C)csc3c2=O)nc2c1CCC2. The first kappa shape index (κ1) is 14.5. The van der Waals surface area contributed by atoms with Crippen LogP contribution in [0.3, 0.4) is 0 Å². The first-order valence-corrected chi connectivity index (χ1v) is 8.80. The van der Waals surface area contributed by atoms with Crippen LogP contribution < -0.4 is 5.56 Å². The van der Waals surface area contributed by atoms with E-state index in [4.69, 9.17) is 0 Å². The van der Waals surface area contributed by atoms with Gasteiger partial charge in [-0.05, 0) is 49.6 Å². The van der Waals surface area contributed by atoms with E-state index in [1.165, 1.54) is 29.0 Å². The summed E-state index contributed by atoms with van der Waals surface area (Å²) in [5.74, 6) is 0.831. The number of rotatable bonds is 3. The van der Waals surface area contributed by atoms with Crippen molar-refractivity contribution in [3.05, 3.63) is 50.4 Å². The molecule has 1 aliphatic carbocycles. The van der Waals surface area contributed by atoms with Crippen LogP contribution in [0.25, 0.3) is 10.2 Å². The second kappa shape index (κ2) is 5.53.